The van der Waals surface area contributed by atoms with Crippen LogP contribution < -0.4 is 9.47 Å². The average Bonchev–Trinajstić information content (AvgIpc) is 2.64. The zero-order valence-electron chi connectivity index (χ0n) is 13.0. The highest BCUT2D eigenvalue weighted by Gasteiger charge is 2.14. The molecule has 0 saturated heterocycles. The van der Waals surface area contributed by atoms with Gasteiger partial charge in [0.1, 0.15) is 11.5 Å². The van der Waals surface area contributed by atoms with Gasteiger partial charge < -0.3 is 9.47 Å². The molecule has 5 heteroatoms. The summed E-state index contributed by atoms with van der Waals surface area (Å²) in [6.45, 7) is 0. The minimum atomic E-state index is -1.44. The van der Waals surface area contributed by atoms with E-state index in [4.69, 9.17) is 9.47 Å². The fraction of sp³-hybridized carbons (Fsp3) is 0. The molecule has 0 aliphatic carbocycles. The van der Waals surface area contributed by atoms with Gasteiger partial charge in [-0.2, -0.15) is 8.78 Å². The van der Waals surface area contributed by atoms with Crippen LogP contribution in [-0.2, 0) is 0 Å². The molecule has 0 aliphatic heterocycles. The van der Waals surface area contributed by atoms with Gasteiger partial charge in [0.25, 0.3) is 0 Å². The van der Waals surface area contributed by atoms with Crippen LogP contribution >= 0.6 is 15.9 Å². The summed E-state index contributed by atoms with van der Waals surface area (Å²) >= 11 is 3.25. The van der Waals surface area contributed by atoms with Gasteiger partial charge in [-0.25, -0.2) is 0 Å². The summed E-state index contributed by atoms with van der Waals surface area (Å²) in [5.74, 6) is 0.358. The Morgan fingerprint density at radius 1 is 0.680 bits per heavy atom. The van der Waals surface area contributed by atoms with Crippen molar-refractivity contribution < 1.29 is 18.3 Å². The molecule has 0 aliphatic rings. The quantitative estimate of drug-likeness (QED) is 0.445. The van der Waals surface area contributed by atoms with Gasteiger partial charge in [0.2, 0.25) is 0 Å². The van der Waals surface area contributed by atoms with E-state index in [1.54, 1.807) is 36.4 Å². The Labute approximate surface area is 152 Å². The van der Waals surface area contributed by atoms with Crippen LogP contribution in [0, 0.1) is 0 Å². The highest BCUT2D eigenvalue weighted by Crippen LogP contribution is 2.32. The summed E-state index contributed by atoms with van der Waals surface area (Å²) in [6, 6.07) is 19.6. The van der Waals surface area contributed by atoms with E-state index in [0.717, 1.165) is 10.0 Å². The minimum Gasteiger partial charge on any atom is -0.427 e. The summed E-state index contributed by atoms with van der Waals surface area (Å²) in [6.07, 6.45) is 0. The molecule has 0 heterocycles. The van der Waals surface area contributed by atoms with Crippen molar-refractivity contribution in [3.63, 3.8) is 0 Å². The fourth-order valence-electron chi connectivity index (χ4n) is 2.19. The van der Waals surface area contributed by atoms with Crippen molar-refractivity contribution in [2.75, 3.05) is 0 Å². The van der Waals surface area contributed by atoms with Crippen molar-refractivity contribution in [2.24, 2.45) is 0 Å². The molecular formula is C20H13BrF2O2. The summed E-state index contributed by atoms with van der Waals surface area (Å²) in [4.78, 5) is 0. The number of halogens is 3. The largest absolute Gasteiger partial charge is 0.427 e. The van der Waals surface area contributed by atoms with Crippen molar-refractivity contribution in [1.82, 2.24) is 0 Å². The van der Waals surface area contributed by atoms with E-state index in [2.05, 4.69) is 15.9 Å². The number of benzene rings is 3. The van der Waals surface area contributed by atoms with Crippen LogP contribution in [0.5, 0.6) is 11.5 Å². The molecule has 3 aromatic rings. The molecule has 0 saturated carbocycles. The smallest absolute Gasteiger partial charge is 0.352 e. The molecule has 0 N–H and O–H groups in total. The zero-order chi connectivity index (χ0) is 17.6. The third kappa shape index (κ3) is 4.45. The first-order valence-corrected chi connectivity index (χ1v) is 8.24. The number of hydrogen-bond donors (Lipinski definition) is 0. The first-order chi connectivity index (χ1) is 12.1. The van der Waals surface area contributed by atoms with Gasteiger partial charge in [-0.1, -0.05) is 64.5 Å². The normalized spacial score (nSPS) is 11.6. The van der Waals surface area contributed by atoms with Gasteiger partial charge in [-0.05, 0) is 35.9 Å². The van der Waals surface area contributed by atoms with Gasteiger partial charge in [0.05, 0.1) is 0 Å². The second kappa shape index (κ2) is 7.94. The van der Waals surface area contributed by atoms with Crippen molar-refractivity contribution in [2.45, 2.75) is 0 Å². The molecule has 25 heavy (non-hydrogen) atoms. The Hall–Kier alpha value is -2.66. The average molecular weight is 403 g/mol. The van der Waals surface area contributed by atoms with E-state index < -0.39 is 12.0 Å². The van der Waals surface area contributed by atoms with E-state index in [9.17, 15) is 8.78 Å². The molecule has 0 unspecified atom stereocenters. The molecular weight excluding hydrogens is 390 g/mol. The molecule has 2 nitrogen and oxygen atoms in total. The number of ether oxygens (including phenoxy) is 2. The van der Waals surface area contributed by atoms with Crippen LogP contribution in [0.25, 0.3) is 11.1 Å². The maximum Gasteiger partial charge on any atom is 0.352 e. The molecule has 0 radical (unpaired) electrons. The Morgan fingerprint density at radius 2 is 1.28 bits per heavy atom. The lowest BCUT2D eigenvalue weighted by molar-refractivity contribution is 0.203. The van der Waals surface area contributed by atoms with Gasteiger partial charge in [-0.15, -0.1) is 0 Å². The summed E-state index contributed by atoms with van der Waals surface area (Å²) in [5, 5.41) is 0. The van der Waals surface area contributed by atoms with Gasteiger partial charge in [0.15, 0.2) is 0 Å². The van der Waals surface area contributed by atoms with Crippen molar-refractivity contribution in [1.29, 1.82) is 0 Å². The van der Waals surface area contributed by atoms with E-state index in [1.807, 2.05) is 30.3 Å². The predicted molar refractivity (Wildman–Crippen MR) is 96.5 cm³/mol. The topological polar surface area (TPSA) is 18.5 Å². The second-order valence-corrected chi connectivity index (χ2v) is 5.98. The molecule has 0 atom stereocenters. The highest BCUT2D eigenvalue weighted by molar-refractivity contribution is 9.10. The molecule has 126 valence electrons. The molecule has 0 aromatic heterocycles. The van der Waals surface area contributed by atoms with Crippen molar-refractivity contribution >= 4 is 15.9 Å². The van der Waals surface area contributed by atoms with Crippen molar-refractivity contribution in [3.8, 4) is 22.6 Å². The first-order valence-electron chi connectivity index (χ1n) is 7.44. The Bertz CT molecular complexity index is 878. The van der Waals surface area contributed by atoms with Gasteiger partial charge in [0, 0.05) is 10.0 Å². The summed E-state index contributed by atoms with van der Waals surface area (Å²) in [7, 11) is 0. The van der Waals surface area contributed by atoms with Crippen LogP contribution in [-0.4, -0.2) is 0 Å². The fourth-order valence-corrected chi connectivity index (χ4v) is 2.46. The highest BCUT2D eigenvalue weighted by atomic mass is 79.9. The lowest BCUT2D eigenvalue weighted by atomic mass is 10.1. The standard InChI is InChI=1S/C20H13BrF2O2/c21-15-10-12-16(13-11-15)24-19(22)20(23)25-18-9-5-4-8-17(18)14-6-2-1-3-7-14/h1-13H/b20-19+. The van der Waals surface area contributed by atoms with Gasteiger partial charge >= 0.3 is 12.0 Å². The monoisotopic (exact) mass is 402 g/mol. The lowest BCUT2D eigenvalue weighted by Gasteiger charge is -2.10. The number of hydrogen-bond acceptors (Lipinski definition) is 2. The van der Waals surface area contributed by atoms with Crippen LogP contribution in [0.2, 0.25) is 0 Å². The molecule has 0 bridgehead atoms. The van der Waals surface area contributed by atoms with E-state index >= 15 is 0 Å². The summed E-state index contributed by atoms with van der Waals surface area (Å²) < 4.78 is 38.7. The Morgan fingerprint density at radius 3 is 2.00 bits per heavy atom. The number of rotatable bonds is 5. The summed E-state index contributed by atoms with van der Waals surface area (Å²) in [5.41, 5.74) is 1.48. The third-order valence-corrected chi connectivity index (χ3v) is 3.88. The van der Waals surface area contributed by atoms with E-state index in [1.165, 1.54) is 12.1 Å². The van der Waals surface area contributed by atoms with Crippen molar-refractivity contribution in [3.05, 3.63) is 95.4 Å². The lowest BCUT2D eigenvalue weighted by Crippen LogP contribution is -1.99. The van der Waals surface area contributed by atoms with Gasteiger partial charge in [-0.3, -0.25) is 0 Å². The van der Waals surface area contributed by atoms with E-state index in [0.29, 0.717) is 5.56 Å². The maximum absolute atomic E-state index is 14.1. The van der Waals surface area contributed by atoms with Crippen LogP contribution in [0.1, 0.15) is 0 Å². The second-order valence-electron chi connectivity index (χ2n) is 5.07. The Balaban J connectivity index is 1.83. The number of para-hydroxylation sites is 1. The minimum absolute atomic E-state index is 0.163. The predicted octanol–water partition coefficient (Wildman–Crippen LogP) is 6.64. The maximum atomic E-state index is 14.1. The van der Waals surface area contributed by atoms with Crippen LogP contribution in [0.15, 0.2) is 95.4 Å². The first kappa shape index (κ1) is 17.2. The zero-order valence-corrected chi connectivity index (χ0v) is 14.5. The Kier molecular flexibility index (Phi) is 5.46. The SMILES string of the molecule is F/C(Oc1ccc(Br)cc1)=C(/F)Oc1ccccc1-c1ccccc1. The van der Waals surface area contributed by atoms with Crippen LogP contribution in [0.3, 0.4) is 0 Å². The third-order valence-electron chi connectivity index (χ3n) is 3.35. The molecule has 0 amide bonds. The molecule has 3 aromatic carbocycles. The van der Waals surface area contributed by atoms with Crippen LogP contribution in [0.4, 0.5) is 8.78 Å². The van der Waals surface area contributed by atoms with E-state index in [-0.39, 0.29) is 11.5 Å². The molecule has 0 spiro atoms. The molecule has 0 fully saturated rings. The molecule has 3 rings (SSSR count).